The summed E-state index contributed by atoms with van der Waals surface area (Å²) in [5.74, 6) is -2.25. The van der Waals surface area contributed by atoms with E-state index in [1.54, 1.807) is 13.8 Å². The van der Waals surface area contributed by atoms with Crippen molar-refractivity contribution in [2.45, 2.75) is 26.1 Å². The Bertz CT molecular complexity index is 486. The van der Waals surface area contributed by atoms with Gasteiger partial charge in [0.25, 0.3) is 5.82 Å². The minimum atomic E-state index is -4.61. The minimum Gasteiger partial charge on any atom is -0.466 e. The molecule has 0 fully saturated rings. The molecule has 0 aliphatic carbocycles. The van der Waals surface area contributed by atoms with Crippen molar-refractivity contribution in [3.8, 4) is 0 Å². The van der Waals surface area contributed by atoms with Gasteiger partial charge in [-0.1, -0.05) is 0 Å². The molecule has 1 aromatic rings. The molecule has 0 bridgehead atoms. The summed E-state index contributed by atoms with van der Waals surface area (Å²) < 4.78 is 43.5. The highest BCUT2D eigenvalue weighted by Gasteiger charge is 2.41. The van der Waals surface area contributed by atoms with Crippen LogP contribution < -0.4 is 5.32 Å². The molecule has 0 saturated heterocycles. The van der Waals surface area contributed by atoms with Gasteiger partial charge in [-0.3, -0.25) is 4.79 Å². The maximum Gasteiger partial charge on any atom is 0.453 e. The van der Waals surface area contributed by atoms with Crippen LogP contribution >= 0.6 is 0 Å². The van der Waals surface area contributed by atoms with E-state index < -0.39 is 29.9 Å². The molecule has 0 saturated carbocycles. The molecule has 1 aromatic heterocycles. The second kappa shape index (κ2) is 4.71. The van der Waals surface area contributed by atoms with E-state index in [0.29, 0.717) is 0 Å². The Balaban J connectivity index is 2.26. The summed E-state index contributed by atoms with van der Waals surface area (Å²) in [5.41, 5.74) is 0. The minimum absolute atomic E-state index is 0.0142. The first-order valence-electron chi connectivity index (χ1n) is 5.78. The number of nitrogens with one attached hydrogen (secondary N) is 1. The van der Waals surface area contributed by atoms with Gasteiger partial charge in [-0.05, 0) is 13.8 Å². The number of alkyl halides is 3. The fraction of sp³-hybridized carbons (Fsp3) is 0.700. The Labute approximate surface area is 106 Å². The second-order valence-electron chi connectivity index (χ2n) is 4.18. The van der Waals surface area contributed by atoms with Crippen LogP contribution in [0.5, 0.6) is 0 Å². The molecule has 2 unspecified atom stereocenters. The predicted molar refractivity (Wildman–Crippen MR) is 58.3 cm³/mol. The van der Waals surface area contributed by atoms with Gasteiger partial charge in [0.05, 0.1) is 18.6 Å². The van der Waals surface area contributed by atoms with E-state index in [1.165, 1.54) is 0 Å². The van der Waals surface area contributed by atoms with Crippen LogP contribution in [0, 0.1) is 5.92 Å². The normalized spacial score (nSPS) is 22.6. The van der Waals surface area contributed by atoms with Crippen molar-refractivity contribution in [3.63, 3.8) is 0 Å². The number of hydrogen-bond donors (Lipinski definition) is 1. The van der Waals surface area contributed by atoms with Gasteiger partial charge in [-0.15, -0.1) is 5.10 Å². The van der Waals surface area contributed by atoms with E-state index in [1.807, 2.05) is 0 Å². The van der Waals surface area contributed by atoms with Gasteiger partial charge in [-0.25, -0.2) is 4.68 Å². The summed E-state index contributed by atoms with van der Waals surface area (Å²) in [6.07, 6.45) is -4.61. The fourth-order valence-corrected chi connectivity index (χ4v) is 1.92. The number of aromatic nitrogens is 3. The Morgan fingerprint density at radius 1 is 1.58 bits per heavy atom. The lowest BCUT2D eigenvalue weighted by Gasteiger charge is -2.28. The molecule has 1 aliphatic rings. The van der Waals surface area contributed by atoms with E-state index in [-0.39, 0.29) is 19.1 Å². The van der Waals surface area contributed by atoms with Crippen LogP contribution in [-0.4, -0.2) is 33.9 Å². The van der Waals surface area contributed by atoms with Crippen LogP contribution in [0.25, 0.3) is 0 Å². The first kappa shape index (κ1) is 13.6. The number of anilines is 1. The van der Waals surface area contributed by atoms with Gasteiger partial charge in [-0.2, -0.15) is 18.2 Å². The largest absolute Gasteiger partial charge is 0.466 e. The molecule has 0 amide bonds. The lowest BCUT2D eigenvalue weighted by Crippen LogP contribution is -2.37. The highest BCUT2D eigenvalue weighted by molar-refractivity contribution is 5.74. The zero-order valence-corrected chi connectivity index (χ0v) is 10.4. The highest BCUT2D eigenvalue weighted by Crippen LogP contribution is 2.32. The number of esters is 1. The Kier molecular flexibility index (Phi) is 3.38. The molecule has 6 nitrogen and oxygen atoms in total. The quantitative estimate of drug-likeness (QED) is 0.829. The van der Waals surface area contributed by atoms with Crippen LogP contribution in [0.15, 0.2) is 0 Å². The summed E-state index contributed by atoms with van der Waals surface area (Å²) in [7, 11) is 0. The molecule has 9 heteroatoms. The molecule has 1 aliphatic heterocycles. The average Bonchev–Trinajstić information content (AvgIpc) is 2.74. The molecule has 0 radical (unpaired) electrons. The molecule has 19 heavy (non-hydrogen) atoms. The third kappa shape index (κ3) is 2.49. The SMILES string of the molecule is CCOC(=O)C1CNc2nc(C(F)(F)F)nn2C1C. The number of carbonyl (C=O) groups excluding carboxylic acids is 1. The molecule has 2 atom stereocenters. The highest BCUT2D eigenvalue weighted by atomic mass is 19.4. The van der Waals surface area contributed by atoms with E-state index in [4.69, 9.17) is 4.74 Å². The number of carbonyl (C=O) groups is 1. The zero-order valence-electron chi connectivity index (χ0n) is 10.4. The van der Waals surface area contributed by atoms with Crippen molar-refractivity contribution in [1.29, 1.82) is 0 Å². The number of nitrogens with zero attached hydrogens (tertiary/aromatic N) is 3. The first-order valence-corrected chi connectivity index (χ1v) is 5.78. The van der Waals surface area contributed by atoms with Gasteiger partial charge < -0.3 is 10.1 Å². The number of halogens is 3. The van der Waals surface area contributed by atoms with Crippen molar-refractivity contribution in [1.82, 2.24) is 14.8 Å². The number of fused-ring (bicyclic) bond motifs is 1. The second-order valence-corrected chi connectivity index (χ2v) is 4.18. The molecule has 0 spiro atoms. The van der Waals surface area contributed by atoms with Crippen molar-refractivity contribution < 1.29 is 22.7 Å². The maximum absolute atomic E-state index is 12.5. The van der Waals surface area contributed by atoms with Gasteiger partial charge in [0.15, 0.2) is 0 Å². The van der Waals surface area contributed by atoms with Crippen LogP contribution in [-0.2, 0) is 15.7 Å². The van der Waals surface area contributed by atoms with Crippen molar-refractivity contribution in [2.75, 3.05) is 18.5 Å². The zero-order chi connectivity index (χ0) is 14.2. The fourth-order valence-electron chi connectivity index (χ4n) is 1.92. The Morgan fingerprint density at radius 2 is 2.26 bits per heavy atom. The van der Waals surface area contributed by atoms with Crippen LogP contribution in [0.2, 0.25) is 0 Å². The average molecular weight is 278 g/mol. The third-order valence-electron chi connectivity index (χ3n) is 2.92. The van der Waals surface area contributed by atoms with Gasteiger partial charge in [0, 0.05) is 6.54 Å². The summed E-state index contributed by atoms with van der Waals surface area (Å²) in [6, 6.07) is -0.543. The predicted octanol–water partition coefficient (Wildman–Crippen LogP) is 1.46. The molecular formula is C10H13F3N4O2. The van der Waals surface area contributed by atoms with E-state index >= 15 is 0 Å². The number of ether oxygens (including phenoxy) is 1. The molecular weight excluding hydrogens is 265 g/mol. The van der Waals surface area contributed by atoms with E-state index in [2.05, 4.69) is 15.4 Å². The smallest absolute Gasteiger partial charge is 0.453 e. The lowest BCUT2D eigenvalue weighted by molar-refractivity contribution is -0.149. The summed E-state index contributed by atoms with van der Waals surface area (Å²) >= 11 is 0. The Hall–Kier alpha value is -1.80. The number of rotatable bonds is 2. The topological polar surface area (TPSA) is 69.0 Å². The van der Waals surface area contributed by atoms with Gasteiger partial charge in [0.2, 0.25) is 5.95 Å². The maximum atomic E-state index is 12.5. The third-order valence-corrected chi connectivity index (χ3v) is 2.92. The molecule has 1 N–H and O–H groups in total. The first-order chi connectivity index (χ1) is 8.84. The van der Waals surface area contributed by atoms with Crippen LogP contribution in [0.1, 0.15) is 25.7 Å². The number of hydrogen-bond acceptors (Lipinski definition) is 5. The molecule has 106 valence electrons. The van der Waals surface area contributed by atoms with Crippen molar-refractivity contribution in [2.24, 2.45) is 5.92 Å². The van der Waals surface area contributed by atoms with E-state index in [0.717, 1.165) is 4.68 Å². The Morgan fingerprint density at radius 3 is 2.84 bits per heavy atom. The van der Waals surface area contributed by atoms with Gasteiger partial charge >= 0.3 is 12.1 Å². The molecule has 2 heterocycles. The lowest BCUT2D eigenvalue weighted by atomic mass is 10.0. The van der Waals surface area contributed by atoms with E-state index in [9.17, 15) is 18.0 Å². The summed E-state index contributed by atoms with van der Waals surface area (Å²) in [5, 5.41) is 6.07. The molecule has 2 rings (SSSR count). The van der Waals surface area contributed by atoms with Crippen molar-refractivity contribution in [3.05, 3.63) is 5.82 Å². The summed E-state index contributed by atoms with van der Waals surface area (Å²) in [4.78, 5) is 15.1. The van der Waals surface area contributed by atoms with Crippen LogP contribution in [0.4, 0.5) is 19.1 Å². The standard InChI is InChI=1S/C10H13F3N4O2/c1-3-19-7(18)6-4-14-9-15-8(10(11,12)13)16-17(9)5(6)2/h5-6H,3-4H2,1-2H3,(H,14,15,16). The molecule has 0 aromatic carbocycles. The van der Waals surface area contributed by atoms with Crippen LogP contribution in [0.3, 0.4) is 0 Å². The van der Waals surface area contributed by atoms with Gasteiger partial charge in [0.1, 0.15) is 0 Å². The monoisotopic (exact) mass is 278 g/mol. The van der Waals surface area contributed by atoms with Crippen molar-refractivity contribution >= 4 is 11.9 Å². The summed E-state index contributed by atoms with van der Waals surface area (Å²) in [6.45, 7) is 3.68.